The first-order chi connectivity index (χ1) is 17.9. The molecule has 5 rings (SSSR count). The number of nitrogens with one attached hydrogen (secondary N) is 1. The van der Waals surface area contributed by atoms with E-state index in [2.05, 4.69) is 15.5 Å². The highest BCUT2D eigenvalue weighted by Crippen LogP contribution is 2.43. The number of carbonyl (C=O) groups is 1. The molecule has 0 aliphatic carbocycles. The second-order valence-corrected chi connectivity index (χ2v) is 10.9. The zero-order valence-electron chi connectivity index (χ0n) is 21.3. The van der Waals surface area contributed by atoms with E-state index in [-0.39, 0.29) is 17.8 Å². The number of aryl methyl sites for hydroxylation is 1. The van der Waals surface area contributed by atoms with Crippen molar-refractivity contribution in [2.45, 2.75) is 70.4 Å². The SMILES string of the molecule is Cc1nnc(C2CCCN2C(=O)NC2CC(C)(C)Oc3cc(C(F)(F)F)ccc32)n1Cc1ccc(Cl)cc1. The second-order valence-electron chi connectivity index (χ2n) is 10.5. The Labute approximate surface area is 223 Å². The van der Waals surface area contributed by atoms with Crippen molar-refractivity contribution < 1.29 is 22.7 Å². The number of amides is 2. The molecule has 1 N–H and O–H groups in total. The van der Waals surface area contributed by atoms with Gasteiger partial charge in [0.15, 0.2) is 5.82 Å². The summed E-state index contributed by atoms with van der Waals surface area (Å²) >= 11 is 6.03. The molecule has 2 amide bonds. The van der Waals surface area contributed by atoms with E-state index < -0.39 is 23.4 Å². The van der Waals surface area contributed by atoms with Crippen LogP contribution in [0, 0.1) is 6.92 Å². The number of halogens is 4. The fourth-order valence-electron chi connectivity index (χ4n) is 5.28. The van der Waals surface area contributed by atoms with E-state index in [9.17, 15) is 18.0 Å². The van der Waals surface area contributed by atoms with E-state index >= 15 is 0 Å². The first-order valence-electron chi connectivity index (χ1n) is 12.5. The number of rotatable bonds is 4. The van der Waals surface area contributed by atoms with Crippen LogP contribution in [0.2, 0.25) is 5.02 Å². The third kappa shape index (κ3) is 5.32. The zero-order chi connectivity index (χ0) is 27.2. The molecule has 2 aliphatic heterocycles. The van der Waals surface area contributed by atoms with Gasteiger partial charge in [0.2, 0.25) is 0 Å². The number of hydrogen-bond donors (Lipinski definition) is 1. The summed E-state index contributed by atoms with van der Waals surface area (Å²) < 4.78 is 47.8. The van der Waals surface area contributed by atoms with Crippen LogP contribution in [0.4, 0.5) is 18.0 Å². The molecule has 3 aromatic rings. The van der Waals surface area contributed by atoms with Crippen LogP contribution in [-0.4, -0.2) is 37.8 Å². The Hall–Kier alpha value is -3.27. The molecule has 1 fully saturated rings. The van der Waals surface area contributed by atoms with Crippen molar-refractivity contribution in [2.75, 3.05) is 6.54 Å². The Bertz CT molecular complexity index is 1340. The van der Waals surface area contributed by atoms with Crippen LogP contribution < -0.4 is 10.1 Å². The second kappa shape index (κ2) is 9.80. The maximum Gasteiger partial charge on any atom is 0.416 e. The number of fused-ring (bicyclic) bond motifs is 1. The molecule has 202 valence electrons. The molecule has 3 heterocycles. The van der Waals surface area contributed by atoms with Crippen LogP contribution in [0.3, 0.4) is 0 Å². The number of ether oxygens (including phenoxy) is 1. The van der Waals surface area contributed by atoms with Gasteiger partial charge in [0, 0.05) is 23.6 Å². The molecule has 1 aromatic heterocycles. The smallest absolute Gasteiger partial charge is 0.416 e. The maximum atomic E-state index is 13.6. The topological polar surface area (TPSA) is 72.3 Å². The van der Waals surface area contributed by atoms with Gasteiger partial charge < -0.3 is 19.5 Å². The highest BCUT2D eigenvalue weighted by Gasteiger charge is 2.40. The molecule has 11 heteroatoms. The van der Waals surface area contributed by atoms with Gasteiger partial charge in [0.1, 0.15) is 17.2 Å². The lowest BCUT2D eigenvalue weighted by molar-refractivity contribution is -0.137. The number of urea groups is 1. The summed E-state index contributed by atoms with van der Waals surface area (Å²) in [5.74, 6) is 1.58. The molecule has 38 heavy (non-hydrogen) atoms. The number of nitrogens with zero attached hydrogens (tertiary/aromatic N) is 4. The number of hydrogen-bond acceptors (Lipinski definition) is 4. The number of alkyl halides is 3. The lowest BCUT2D eigenvalue weighted by Crippen LogP contribution is -2.46. The molecule has 0 saturated carbocycles. The van der Waals surface area contributed by atoms with Crippen LogP contribution >= 0.6 is 11.6 Å². The molecular formula is C27H29ClF3N5O2. The predicted molar refractivity (Wildman–Crippen MR) is 136 cm³/mol. The highest BCUT2D eigenvalue weighted by molar-refractivity contribution is 6.30. The molecule has 7 nitrogen and oxygen atoms in total. The van der Waals surface area contributed by atoms with Gasteiger partial charge in [-0.3, -0.25) is 0 Å². The Morgan fingerprint density at radius 3 is 2.63 bits per heavy atom. The summed E-state index contributed by atoms with van der Waals surface area (Å²) in [6.07, 6.45) is -2.53. The van der Waals surface area contributed by atoms with Gasteiger partial charge in [-0.25, -0.2) is 4.79 Å². The summed E-state index contributed by atoms with van der Waals surface area (Å²) in [6.45, 7) is 6.56. The van der Waals surface area contributed by atoms with Crippen LogP contribution in [0.25, 0.3) is 0 Å². The summed E-state index contributed by atoms with van der Waals surface area (Å²) in [4.78, 5) is 15.3. The highest BCUT2D eigenvalue weighted by atomic mass is 35.5. The van der Waals surface area contributed by atoms with Gasteiger partial charge >= 0.3 is 12.2 Å². The summed E-state index contributed by atoms with van der Waals surface area (Å²) in [5.41, 5.74) is 0.0270. The van der Waals surface area contributed by atoms with Gasteiger partial charge in [-0.2, -0.15) is 13.2 Å². The molecule has 1 saturated heterocycles. The van der Waals surface area contributed by atoms with Crippen molar-refractivity contribution in [3.05, 3.63) is 75.8 Å². The molecule has 2 atom stereocenters. The van der Waals surface area contributed by atoms with E-state index in [1.165, 1.54) is 6.07 Å². The quantitative estimate of drug-likeness (QED) is 0.407. The van der Waals surface area contributed by atoms with Crippen molar-refractivity contribution in [2.24, 2.45) is 0 Å². The van der Waals surface area contributed by atoms with Gasteiger partial charge in [-0.15, -0.1) is 10.2 Å². The predicted octanol–water partition coefficient (Wildman–Crippen LogP) is 6.46. The van der Waals surface area contributed by atoms with Crippen molar-refractivity contribution in [1.29, 1.82) is 0 Å². The lowest BCUT2D eigenvalue weighted by Gasteiger charge is -2.39. The minimum atomic E-state index is -4.48. The lowest BCUT2D eigenvalue weighted by atomic mass is 9.89. The average molecular weight is 548 g/mol. The Balaban J connectivity index is 1.38. The monoisotopic (exact) mass is 547 g/mol. The van der Waals surface area contributed by atoms with Crippen molar-refractivity contribution in [1.82, 2.24) is 25.0 Å². The Kier molecular flexibility index (Phi) is 6.79. The number of carbonyl (C=O) groups excluding carboxylic acids is 1. The van der Waals surface area contributed by atoms with Crippen molar-refractivity contribution in [3.8, 4) is 5.75 Å². The normalized spacial score (nSPS) is 20.7. The molecule has 0 spiro atoms. The van der Waals surface area contributed by atoms with Crippen LogP contribution in [0.5, 0.6) is 5.75 Å². The summed E-state index contributed by atoms with van der Waals surface area (Å²) in [6, 6.07) is 9.91. The fraction of sp³-hybridized carbons (Fsp3) is 0.444. The van der Waals surface area contributed by atoms with Gasteiger partial charge in [0.05, 0.1) is 24.2 Å². The Morgan fingerprint density at radius 2 is 1.92 bits per heavy atom. The van der Waals surface area contributed by atoms with Crippen molar-refractivity contribution in [3.63, 3.8) is 0 Å². The molecule has 0 bridgehead atoms. The van der Waals surface area contributed by atoms with E-state index in [1.54, 1.807) is 18.7 Å². The van der Waals surface area contributed by atoms with Crippen LogP contribution in [0.1, 0.15) is 73.5 Å². The third-order valence-corrected chi connectivity index (χ3v) is 7.38. The number of benzene rings is 2. The van der Waals surface area contributed by atoms with Crippen molar-refractivity contribution >= 4 is 17.6 Å². The first kappa shape index (κ1) is 26.3. The molecule has 2 aromatic carbocycles. The van der Waals surface area contributed by atoms with Crippen LogP contribution in [-0.2, 0) is 12.7 Å². The van der Waals surface area contributed by atoms with E-state index in [0.29, 0.717) is 35.9 Å². The number of likely N-dealkylation sites (tertiary alicyclic amines) is 1. The van der Waals surface area contributed by atoms with Crippen LogP contribution in [0.15, 0.2) is 42.5 Å². The largest absolute Gasteiger partial charge is 0.487 e. The maximum absolute atomic E-state index is 13.6. The fourth-order valence-corrected chi connectivity index (χ4v) is 5.40. The van der Waals surface area contributed by atoms with E-state index in [0.717, 1.165) is 36.4 Å². The average Bonchev–Trinajstić information content (AvgIpc) is 3.46. The minimum absolute atomic E-state index is 0.137. The molecular weight excluding hydrogens is 519 g/mol. The standard InChI is InChI=1S/C27H29ClF3N5O2/c1-16-33-34-24(36(16)15-17-6-9-19(28)10-7-17)22-5-4-12-35(22)25(37)32-21-14-26(2,3)38-23-13-18(27(29,30)31)8-11-20(21)23/h6-11,13,21-22H,4-5,12,14-15H2,1-3H3,(H,32,37). The zero-order valence-corrected chi connectivity index (χ0v) is 22.1. The van der Waals surface area contributed by atoms with Gasteiger partial charge in [-0.1, -0.05) is 29.8 Å². The first-order valence-corrected chi connectivity index (χ1v) is 12.9. The van der Waals surface area contributed by atoms with Gasteiger partial charge in [-0.05, 0) is 63.4 Å². The molecule has 2 unspecified atom stereocenters. The van der Waals surface area contributed by atoms with E-state index in [1.807, 2.05) is 35.8 Å². The molecule has 2 aliphatic rings. The number of aromatic nitrogens is 3. The Morgan fingerprint density at radius 1 is 1.18 bits per heavy atom. The summed E-state index contributed by atoms with van der Waals surface area (Å²) in [5, 5.41) is 12.4. The van der Waals surface area contributed by atoms with Gasteiger partial charge in [0.25, 0.3) is 0 Å². The third-order valence-electron chi connectivity index (χ3n) is 7.13. The minimum Gasteiger partial charge on any atom is -0.487 e. The van der Waals surface area contributed by atoms with E-state index in [4.69, 9.17) is 16.3 Å². The molecule has 0 radical (unpaired) electrons. The summed E-state index contributed by atoms with van der Waals surface area (Å²) in [7, 11) is 0.